The molecule has 18 heavy (non-hydrogen) atoms. The molecule has 0 amide bonds. The van der Waals surface area contributed by atoms with Crippen molar-refractivity contribution < 1.29 is 9.47 Å². The van der Waals surface area contributed by atoms with Crippen molar-refractivity contribution in [3.63, 3.8) is 0 Å². The molecule has 0 fully saturated rings. The SMILES string of the molecule is CC[Si](CC)(CC)c1cc(Cl)ncc1OCOC. The van der Waals surface area contributed by atoms with Crippen molar-refractivity contribution in [1.82, 2.24) is 4.98 Å². The van der Waals surface area contributed by atoms with Gasteiger partial charge in [-0.05, 0) is 11.3 Å². The minimum absolute atomic E-state index is 0.248. The Morgan fingerprint density at radius 2 is 1.83 bits per heavy atom. The number of ether oxygens (including phenoxy) is 2. The summed E-state index contributed by atoms with van der Waals surface area (Å²) in [5.41, 5.74) is 0. The molecule has 0 aliphatic carbocycles. The zero-order valence-corrected chi connectivity index (χ0v) is 13.4. The Morgan fingerprint density at radius 3 is 2.33 bits per heavy atom. The standard InChI is InChI=1S/C13H22ClNO2Si/c1-5-18(6-2,7-3)12-8-13(14)15-9-11(12)17-10-16-4/h8-9H,5-7,10H2,1-4H3. The topological polar surface area (TPSA) is 31.4 Å². The van der Waals surface area contributed by atoms with E-state index in [1.165, 1.54) is 23.3 Å². The first-order valence-corrected chi connectivity index (χ1v) is 9.41. The molecule has 1 rings (SSSR count). The number of hydrogen-bond donors (Lipinski definition) is 0. The number of halogens is 1. The van der Waals surface area contributed by atoms with Gasteiger partial charge in [0.15, 0.2) is 6.79 Å². The molecule has 0 atom stereocenters. The lowest BCUT2D eigenvalue weighted by Gasteiger charge is -2.30. The summed E-state index contributed by atoms with van der Waals surface area (Å²) in [6.45, 7) is 7.02. The Morgan fingerprint density at radius 1 is 1.22 bits per heavy atom. The number of aromatic nitrogens is 1. The highest BCUT2D eigenvalue weighted by molar-refractivity contribution is 6.92. The average Bonchev–Trinajstić information content (AvgIpc) is 2.40. The van der Waals surface area contributed by atoms with E-state index >= 15 is 0 Å². The molecule has 1 heterocycles. The highest BCUT2D eigenvalue weighted by Gasteiger charge is 2.32. The highest BCUT2D eigenvalue weighted by Crippen LogP contribution is 2.25. The van der Waals surface area contributed by atoms with E-state index in [0.29, 0.717) is 5.15 Å². The molecule has 0 bridgehead atoms. The Kier molecular flexibility index (Phi) is 6.12. The fraction of sp³-hybridized carbons (Fsp3) is 0.615. The van der Waals surface area contributed by atoms with E-state index < -0.39 is 8.07 Å². The fourth-order valence-corrected chi connectivity index (χ4v) is 6.38. The van der Waals surface area contributed by atoms with Crippen LogP contribution in [0.5, 0.6) is 5.75 Å². The van der Waals surface area contributed by atoms with Crippen LogP contribution < -0.4 is 9.92 Å². The van der Waals surface area contributed by atoms with Crippen molar-refractivity contribution in [2.75, 3.05) is 13.9 Å². The van der Waals surface area contributed by atoms with Crippen molar-refractivity contribution in [1.29, 1.82) is 0 Å². The lowest BCUT2D eigenvalue weighted by Crippen LogP contribution is -2.46. The van der Waals surface area contributed by atoms with Crippen LogP contribution in [0, 0.1) is 0 Å². The summed E-state index contributed by atoms with van der Waals surface area (Å²) in [5, 5.41) is 1.81. The summed E-state index contributed by atoms with van der Waals surface area (Å²) in [6, 6.07) is 5.53. The van der Waals surface area contributed by atoms with E-state index in [1.807, 2.05) is 6.07 Å². The van der Waals surface area contributed by atoms with Gasteiger partial charge >= 0.3 is 0 Å². The third kappa shape index (κ3) is 3.25. The van der Waals surface area contributed by atoms with Crippen LogP contribution in [-0.2, 0) is 4.74 Å². The van der Waals surface area contributed by atoms with E-state index in [-0.39, 0.29) is 6.79 Å². The van der Waals surface area contributed by atoms with Crippen molar-refractivity contribution in [3.8, 4) is 5.75 Å². The number of methoxy groups -OCH3 is 1. The zero-order chi connectivity index (χ0) is 13.6. The van der Waals surface area contributed by atoms with E-state index in [4.69, 9.17) is 21.1 Å². The molecule has 0 saturated heterocycles. The maximum absolute atomic E-state index is 6.05. The van der Waals surface area contributed by atoms with Crippen molar-refractivity contribution in [2.45, 2.75) is 38.9 Å². The van der Waals surface area contributed by atoms with Crippen LogP contribution in [0.2, 0.25) is 23.3 Å². The third-order valence-electron chi connectivity index (χ3n) is 3.77. The average molecular weight is 288 g/mol. The second-order valence-electron chi connectivity index (χ2n) is 4.40. The van der Waals surface area contributed by atoms with E-state index in [1.54, 1.807) is 13.3 Å². The van der Waals surface area contributed by atoms with Crippen LogP contribution in [-0.4, -0.2) is 27.0 Å². The molecule has 0 unspecified atom stereocenters. The molecule has 0 radical (unpaired) electrons. The van der Waals surface area contributed by atoms with Gasteiger partial charge in [-0.25, -0.2) is 4.98 Å². The quantitative estimate of drug-likeness (QED) is 0.437. The largest absolute Gasteiger partial charge is 0.466 e. The van der Waals surface area contributed by atoms with Crippen LogP contribution in [0.4, 0.5) is 0 Å². The van der Waals surface area contributed by atoms with Gasteiger partial charge in [0.1, 0.15) is 10.9 Å². The molecule has 0 aromatic carbocycles. The molecule has 0 aliphatic heterocycles. The number of pyridine rings is 1. The summed E-state index contributed by atoms with van der Waals surface area (Å²) in [7, 11) is 0.0938. The van der Waals surface area contributed by atoms with Crippen LogP contribution in [0.25, 0.3) is 0 Å². The first kappa shape index (κ1) is 15.5. The van der Waals surface area contributed by atoms with Crippen LogP contribution in [0.3, 0.4) is 0 Å². The molecular formula is C13H22ClNO2Si. The minimum atomic E-state index is -1.52. The lowest BCUT2D eigenvalue weighted by atomic mass is 10.4. The predicted octanol–water partition coefficient (Wildman–Crippen LogP) is 3.43. The van der Waals surface area contributed by atoms with Gasteiger partial charge in [-0.3, -0.25) is 0 Å². The molecule has 5 heteroatoms. The maximum Gasteiger partial charge on any atom is 0.188 e. The smallest absolute Gasteiger partial charge is 0.188 e. The molecule has 0 N–H and O–H groups in total. The Bertz CT molecular complexity index is 375. The second-order valence-corrected chi connectivity index (χ2v) is 10.0. The number of nitrogens with zero attached hydrogens (tertiary/aromatic N) is 1. The fourth-order valence-electron chi connectivity index (χ4n) is 2.39. The first-order chi connectivity index (χ1) is 8.63. The molecule has 102 valence electrons. The van der Waals surface area contributed by atoms with Crippen LogP contribution in [0.15, 0.2) is 12.3 Å². The summed E-state index contributed by atoms with van der Waals surface area (Å²) in [5.74, 6) is 0.832. The Balaban J connectivity index is 3.21. The number of rotatable bonds is 7. The van der Waals surface area contributed by atoms with Gasteiger partial charge < -0.3 is 9.47 Å². The molecule has 3 nitrogen and oxygen atoms in total. The van der Waals surface area contributed by atoms with Crippen molar-refractivity contribution in [3.05, 3.63) is 17.4 Å². The van der Waals surface area contributed by atoms with E-state index in [0.717, 1.165) is 5.75 Å². The molecule has 0 saturated carbocycles. The van der Waals surface area contributed by atoms with Crippen LogP contribution in [0.1, 0.15) is 20.8 Å². The van der Waals surface area contributed by atoms with Gasteiger partial charge in [-0.1, -0.05) is 50.5 Å². The van der Waals surface area contributed by atoms with Gasteiger partial charge in [-0.15, -0.1) is 0 Å². The number of hydrogen-bond acceptors (Lipinski definition) is 3. The molecule has 0 aliphatic rings. The van der Waals surface area contributed by atoms with E-state index in [9.17, 15) is 0 Å². The van der Waals surface area contributed by atoms with E-state index in [2.05, 4.69) is 25.8 Å². The van der Waals surface area contributed by atoms with Crippen LogP contribution >= 0.6 is 11.6 Å². The molecule has 1 aromatic rings. The van der Waals surface area contributed by atoms with Crippen molar-refractivity contribution in [2.24, 2.45) is 0 Å². The predicted molar refractivity (Wildman–Crippen MR) is 78.6 cm³/mol. The zero-order valence-electron chi connectivity index (χ0n) is 11.6. The second kappa shape index (κ2) is 7.12. The van der Waals surface area contributed by atoms with Gasteiger partial charge in [-0.2, -0.15) is 0 Å². The van der Waals surface area contributed by atoms with Crippen molar-refractivity contribution >= 4 is 24.9 Å². The van der Waals surface area contributed by atoms with Gasteiger partial charge in [0.2, 0.25) is 0 Å². The third-order valence-corrected chi connectivity index (χ3v) is 9.57. The first-order valence-electron chi connectivity index (χ1n) is 6.41. The molecule has 0 spiro atoms. The normalized spacial score (nSPS) is 11.6. The summed E-state index contributed by atoms with van der Waals surface area (Å²) in [4.78, 5) is 4.12. The minimum Gasteiger partial charge on any atom is -0.466 e. The molecular weight excluding hydrogens is 266 g/mol. The van der Waals surface area contributed by atoms with Gasteiger partial charge in [0.05, 0.1) is 14.3 Å². The highest BCUT2D eigenvalue weighted by atomic mass is 35.5. The Hall–Kier alpha value is -0.583. The monoisotopic (exact) mass is 287 g/mol. The lowest BCUT2D eigenvalue weighted by molar-refractivity contribution is 0.0515. The Labute approximate surface area is 115 Å². The summed E-state index contributed by atoms with van der Waals surface area (Å²) >= 11 is 6.05. The molecule has 1 aromatic heterocycles. The van der Waals surface area contributed by atoms with Gasteiger partial charge in [0.25, 0.3) is 0 Å². The summed E-state index contributed by atoms with van der Waals surface area (Å²) < 4.78 is 10.6. The summed E-state index contributed by atoms with van der Waals surface area (Å²) in [6.07, 6.45) is 1.72. The maximum atomic E-state index is 6.05. The van der Waals surface area contributed by atoms with Gasteiger partial charge in [0, 0.05) is 7.11 Å².